The number of hydrogen-bond acceptors (Lipinski definition) is 5. The van der Waals surface area contributed by atoms with E-state index in [-0.39, 0.29) is 6.10 Å². The Morgan fingerprint density at radius 3 is 3.05 bits per heavy atom. The molecule has 7 nitrogen and oxygen atoms in total. The first-order valence-corrected chi connectivity index (χ1v) is 6.90. The molecule has 0 aliphatic carbocycles. The summed E-state index contributed by atoms with van der Waals surface area (Å²) in [6, 6.07) is 0. The molecule has 1 saturated heterocycles. The smallest absolute Gasteiger partial charge is 0.180 e. The average Bonchev–Trinajstić information content (AvgIpc) is 3.00. The van der Waals surface area contributed by atoms with Gasteiger partial charge in [0.05, 0.1) is 23.5 Å². The maximum absolute atomic E-state index is 6.15. The highest BCUT2D eigenvalue weighted by molar-refractivity contribution is 6.31. The minimum absolute atomic E-state index is 0.0966. The third kappa shape index (κ3) is 2.70. The highest BCUT2D eigenvalue weighted by Crippen LogP contribution is 2.22. The molecule has 2 aromatic rings. The zero-order valence-corrected chi connectivity index (χ0v) is 12.3. The van der Waals surface area contributed by atoms with Crippen LogP contribution in [0.5, 0.6) is 0 Å². The van der Waals surface area contributed by atoms with Gasteiger partial charge in [-0.3, -0.25) is 14.7 Å². The Labute approximate surface area is 121 Å². The Kier molecular flexibility index (Phi) is 3.73. The topological polar surface area (TPSA) is 71.9 Å². The fourth-order valence-electron chi connectivity index (χ4n) is 2.33. The van der Waals surface area contributed by atoms with Crippen LogP contribution in [0, 0.1) is 6.92 Å². The number of H-pyrrole nitrogens is 1. The fraction of sp³-hybridized carbons (Fsp3) is 0.583. The SMILES string of the molecule is Cc1nc([C@@H]2CN(Cc3c(Cl)cnn3C)CCO2)n[nH]1. The lowest BCUT2D eigenvalue weighted by atomic mass is 10.2. The van der Waals surface area contributed by atoms with E-state index in [1.165, 1.54) is 0 Å². The van der Waals surface area contributed by atoms with Crippen LogP contribution in [0.1, 0.15) is 23.4 Å². The van der Waals surface area contributed by atoms with Gasteiger partial charge < -0.3 is 4.74 Å². The monoisotopic (exact) mass is 296 g/mol. The van der Waals surface area contributed by atoms with Gasteiger partial charge in [-0.25, -0.2) is 4.98 Å². The molecule has 8 heteroatoms. The number of aromatic nitrogens is 5. The molecule has 3 heterocycles. The van der Waals surface area contributed by atoms with Crippen LogP contribution in [0.3, 0.4) is 0 Å². The van der Waals surface area contributed by atoms with E-state index in [0.717, 1.165) is 31.2 Å². The first kappa shape index (κ1) is 13.5. The van der Waals surface area contributed by atoms with Crippen molar-refractivity contribution in [2.45, 2.75) is 19.6 Å². The molecule has 0 aromatic carbocycles. The lowest BCUT2D eigenvalue weighted by molar-refractivity contribution is -0.0377. The predicted octanol–water partition coefficient (Wildman–Crippen LogP) is 1.07. The molecule has 3 rings (SSSR count). The van der Waals surface area contributed by atoms with Crippen LogP contribution in [-0.4, -0.2) is 49.6 Å². The number of halogens is 1. The zero-order valence-electron chi connectivity index (χ0n) is 11.5. The van der Waals surface area contributed by atoms with Gasteiger partial charge in [0.2, 0.25) is 0 Å². The molecule has 1 N–H and O–H groups in total. The lowest BCUT2D eigenvalue weighted by Crippen LogP contribution is -2.38. The first-order chi connectivity index (χ1) is 9.63. The van der Waals surface area contributed by atoms with E-state index in [0.29, 0.717) is 17.5 Å². The second kappa shape index (κ2) is 5.51. The van der Waals surface area contributed by atoms with E-state index in [9.17, 15) is 0 Å². The lowest BCUT2D eigenvalue weighted by Gasteiger charge is -2.31. The summed E-state index contributed by atoms with van der Waals surface area (Å²) in [6.45, 7) is 4.90. The van der Waals surface area contributed by atoms with E-state index in [1.54, 1.807) is 6.20 Å². The predicted molar refractivity (Wildman–Crippen MR) is 73.3 cm³/mol. The Hall–Kier alpha value is -1.44. The van der Waals surface area contributed by atoms with Gasteiger partial charge in [0.15, 0.2) is 5.82 Å². The van der Waals surface area contributed by atoms with Crippen LogP contribution < -0.4 is 0 Å². The van der Waals surface area contributed by atoms with Crippen molar-refractivity contribution in [3.8, 4) is 0 Å². The van der Waals surface area contributed by atoms with Crippen LogP contribution in [0.4, 0.5) is 0 Å². The van der Waals surface area contributed by atoms with Crippen molar-refractivity contribution in [1.29, 1.82) is 0 Å². The van der Waals surface area contributed by atoms with Crippen LogP contribution in [0.15, 0.2) is 6.20 Å². The Morgan fingerprint density at radius 2 is 2.40 bits per heavy atom. The van der Waals surface area contributed by atoms with E-state index in [1.807, 2.05) is 18.7 Å². The molecule has 1 fully saturated rings. The number of rotatable bonds is 3. The summed E-state index contributed by atoms with van der Waals surface area (Å²) in [6.07, 6.45) is 1.58. The van der Waals surface area contributed by atoms with E-state index < -0.39 is 0 Å². The highest BCUT2D eigenvalue weighted by Gasteiger charge is 2.26. The average molecular weight is 297 g/mol. The molecule has 108 valence electrons. The van der Waals surface area contributed by atoms with E-state index in [2.05, 4.69) is 25.2 Å². The van der Waals surface area contributed by atoms with Gasteiger partial charge in [-0.15, -0.1) is 0 Å². The second-order valence-electron chi connectivity index (χ2n) is 4.94. The van der Waals surface area contributed by atoms with Gasteiger partial charge >= 0.3 is 0 Å². The Balaban J connectivity index is 1.69. The van der Waals surface area contributed by atoms with Crippen LogP contribution in [-0.2, 0) is 18.3 Å². The molecule has 1 aliphatic rings. The molecule has 0 amide bonds. The van der Waals surface area contributed by atoms with Crippen molar-refractivity contribution >= 4 is 11.6 Å². The molecule has 2 aromatic heterocycles. The Bertz CT molecular complexity index is 575. The number of aryl methyl sites for hydroxylation is 2. The summed E-state index contributed by atoms with van der Waals surface area (Å²) in [5.74, 6) is 1.51. The number of morpholine rings is 1. The summed E-state index contributed by atoms with van der Waals surface area (Å²) in [7, 11) is 1.90. The molecular formula is C12H17ClN6O. The molecule has 0 radical (unpaired) electrons. The van der Waals surface area contributed by atoms with Crippen molar-refractivity contribution in [3.63, 3.8) is 0 Å². The van der Waals surface area contributed by atoms with Gasteiger partial charge in [0.25, 0.3) is 0 Å². The number of hydrogen-bond donors (Lipinski definition) is 1. The van der Waals surface area contributed by atoms with Gasteiger partial charge in [0.1, 0.15) is 11.9 Å². The molecule has 0 bridgehead atoms. The summed E-state index contributed by atoms with van der Waals surface area (Å²) in [4.78, 5) is 6.62. The molecule has 0 saturated carbocycles. The summed E-state index contributed by atoms with van der Waals surface area (Å²) >= 11 is 6.15. The summed E-state index contributed by atoms with van der Waals surface area (Å²) in [5.41, 5.74) is 1.01. The van der Waals surface area contributed by atoms with E-state index in [4.69, 9.17) is 16.3 Å². The van der Waals surface area contributed by atoms with Crippen molar-refractivity contribution in [2.75, 3.05) is 19.7 Å². The number of nitrogens with one attached hydrogen (secondary N) is 1. The molecule has 1 aliphatic heterocycles. The third-order valence-corrected chi connectivity index (χ3v) is 3.75. The third-order valence-electron chi connectivity index (χ3n) is 3.44. The number of nitrogens with zero attached hydrogens (tertiary/aromatic N) is 5. The normalized spacial score (nSPS) is 20.4. The highest BCUT2D eigenvalue weighted by atomic mass is 35.5. The molecule has 0 spiro atoms. The maximum atomic E-state index is 6.15. The van der Waals surface area contributed by atoms with Gasteiger partial charge in [-0.2, -0.15) is 10.2 Å². The van der Waals surface area contributed by atoms with Gasteiger partial charge in [-0.05, 0) is 6.92 Å². The van der Waals surface area contributed by atoms with Crippen LogP contribution in [0.25, 0.3) is 0 Å². The maximum Gasteiger partial charge on any atom is 0.180 e. The van der Waals surface area contributed by atoms with Crippen LogP contribution >= 0.6 is 11.6 Å². The van der Waals surface area contributed by atoms with Crippen molar-refractivity contribution in [1.82, 2.24) is 29.9 Å². The number of ether oxygens (including phenoxy) is 1. The quantitative estimate of drug-likeness (QED) is 0.917. The van der Waals surface area contributed by atoms with E-state index >= 15 is 0 Å². The summed E-state index contributed by atoms with van der Waals surface area (Å²) in [5, 5.41) is 11.9. The van der Waals surface area contributed by atoms with Crippen molar-refractivity contribution in [3.05, 3.63) is 28.6 Å². The van der Waals surface area contributed by atoms with Crippen molar-refractivity contribution < 1.29 is 4.74 Å². The zero-order chi connectivity index (χ0) is 14.1. The minimum Gasteiger partial charge on any atom is -0.367 e. The van der Waals surface area contributed by atoms with Crippen molar-refractivity contribution in [2.24, 2.45) is 7.05 Å². The van der Waals surface area contributed by atoms with Crippen LogP contribution in [0.2, 0.25) is 5.02 Å². The largest absolute Gasteiger partial charge is 0.367 e. The first-order valence-electron chi connectivity index (χ1n) is 6.52. The molecule has 1 atom stereocenters. The fourth-order valence-corrected chi connectivity index (χ4v) is 2.56. The summed E-state index contributed by atoms with van der Waals surface area (Å²) < 4.78 is 7.55. The van der Waals surface area contributed by atoms with Gasteiger partial charge in [0, 0.05) is 26.7 Å². The Morgan fingerprint density at radius 1 is 1.55 bits per heavy atom. The molecule has 20 heavy (non-hydrogen) atoms. The second-order valence-corrected chi connectivity index (χ2v) is 5.34. The standard InChI is InChI=1S/C12H17ClN6O/c1-8-15-12(17-16-8)11-7-19(3-4-20-11)6-10-9(13)5-14-18(10)2/h5,11H,3-4,6-7H2,1-2H3,(H,15,16,17)/t11-/m0/s1. The molecular weight excluding hydrogens is 280 g/mol. The minimum atomic E-state index is -0.0966. The van der Waals surface area contributed by atoms with Gasteiger partial charge in [-0.1, -0.05) is 11.6 Å². The molecule has 0 unspecified atom stereocenters. The number of aromatic amines is 1.